The molecule has 1 aliphatic heterocycles. The lowest BCUT2D eigenvalue weighted by Crippen LogP contribution is -2.38. The minimum absolute atomic E-state index is 0.120. The molecule has 1 heterocycles. The van der Waals surface area contributed by atoms with E-state index in [0.29, 0.717) is 29.0 Å². The van der Waals surface area contributed by atoms with Crippen LogP contribution in [0.4, 0.5) is 0 Å². The molecule has 0 saturated carbocycles. The van der Waals surface area contributed by atoms with Gasteiger partial charge in [0, 0.05) is 30.8 Å². The highest BCUT2D eigenvalue weighted by atomic mass is 16.5. The van der Waals surface area contributed by atoms with Crippen molar-refractivity contribution in [1.29, 1.82) is 0 Å². The van der Waals surface area contributed by atoms with Crippen LogP contribution in [0.25, 0.3) is 0 Å². The van der Waals surface area contributed by atoms with Crippen LogP contribution in [0.1, 0.15) is 26.3 Å². The van der Waals surface area contributed by atoms with Gasteiger partial charge in [-0.2, -0.15) is 0 Å². The summed E-state index contributed by atoms with van der Waals surface area (Å²) in [5.41, 5.74) is 1.46. The van der Waals surface area contributed by atoms with Crippen molar-refractivity contribution in [2.24, 2.45) is 0 Å². The molecular weight excluding hydrogens is 346 g/mol. The molecule has 2 aromatic carbocycles. The number of ether oxygens (including phenoxy) is 3. The molecule has 1 aliphatic rings. The number of benzene rings is 2. The average molecular weight is 369 g/mol. The summed E-state index contributed by atoms with van der Waals surface area (Å²) in [6.45, 7) is 4.76. The lowest BCUT2D eigenvalue weighted by atomic mass is 10.0. The maximum Gasteiger partial charge on any atom is 0.337 e. The van der Waals surface area contributed by atoms with Crippen LogP contribution < -0.4 is 4.74 Å². The summed E-state index contributed by atoms with van der Waals surface area (Å²) in [5.74, 6) is 0.120. The molecule has 0 N–H and O–H groups in total. The summed E-state index contributed by atoms with van der Waals surface area (Å²) < 4.78 is 15.8. The van der Waals surface area contributed by atoms with Gasteiger partial charge in [-0.05, 0) is 24.3 Å². The second-order valence-corrected chi connectivity index (χ2v) is 6.23. The highest BCUT2D eigenvalue weighted by Crippen LogP contribution is 2.17. The Morgan fingerprint density at radius 3 is 2.41 bits per heavy atom. The summed E-state index contributed by atoms with van der Waals surface area (Å²) in [4.78, 5) is 26.5. The molecule has 142 valence electrons. The third-order valence-electron chi connectivity index (χ3n) is 4.44. The minimum Gasteiger partial charge on any atom is -0.492 e. The molecule has 6 nitrogen and oxygen atoms in total. The molecule has 0 amide bonds. The number of rotatable bonds is 7. The van der Waals surface area contributed by atoms with E-state index in [0.717, 1.165) is 32.8 Å². The highest BCUT2D eigenvalue weighted by Gasteiger charge is 2.13. The van der Waals surface area contributed by atoms with E-state index in [-0.39, 0.29) is 5.78 Å². The Morgan fingerprint density at radius 2 is 1.70 bits per heavy atom. The Labute approximate surface area is 158 Å². The number of ketones is 1. The lowest BCUT2D eigenvalue weighted by Gasteiger charge is -2.26. The van der Waals surface area contributed by atoms with Gasteiger partial charge in [-0.3, -0.25) is 9.69 Å². The molecule has 1 saturated heterocycles. The van der Waals surface area contributed by atoms with Crippen molar-refractivity contribution in [1.82, 2.24) is 4.90 Å². The number of carbonyl (C=O) groups is 2. The van der Waals surface area contributed by atoms with Gasteiger partial charge in [0.1, 0.15) is 12.4 Å². The Hall–Kier alpha value is -2.70. The molecule has 0 atom stereocenters. The van der Waals surface area contributed by atoms with E-state index in [4.69, 9.17) is 9.47 Å². The molecule has 27 heavy (non-hydrogen) atoms. The Bertz CT molecular complexity index is 781. The maximum absolute atomic E-state index is 12.7. The largest absolute Gasteiger partial charge is 0.492 e. The van der Waals surface area contributed by atoms with Gasteiger partial charge in [0.05, 0.1) is 25.9 Å². The van der Waals surface area contributed by atoms with E-state index >= 15 is 0 Å². The fourth-order valence-corrected chi connectivity index (χ4v) is 2.89. The SMILES string of the molecule is COC(=O)c1ccc(C(=O)c2cccc(OCCN3CCOCC3)c2)cc1. The lowest BCUT2D eigenvalue weighted by molar-refractivity contribution is 0.0322. The number of hydrogen-bond acceptors (Lipinski definition) is 6. The molecule has 0 aliphatic carbocycles. The first-order valence-corrected chi connectivity index (χ1v) is 8.93. The van der Waals surface area contributed by atoms with Crippen LogP contribution in [-0.2, 0) is 9.47 Å². The van der Waals surface area contributed by atoms with Gasteiger partial charge in [-0.15, -0.1) is 0 Å². The summed E-state index contributed by atoms with van der Waals surface area (Å²) >= 11 is 0. The maximum atomic E-state index is 12.7. The predicted octanol–water partition coefficient (Wildman–Crippen LogP) is 2.42. The van der Waals surface area contributed by atoms with E-state index in [9.17, 15) is 9.59 Å². The second kappa shape index (κ2) is 9.30. The monoisotopic (exact) mass is 369 g/mol. The predicted molar refractivity (Wildman–Crippen MR) is 100 cm³/mol. The Kier molecular flexibility index (Phi) is 6.57. The Morgan fingerprint density at radius 1 is 1.00 bits per heavy atom. The van der Waals surface area contributed by atoms with Gasteiger partial charge in [-0.25, -0.2) is 4.79 Å². The van der Waals surface area contributed by atoms with Gasteiger partial charge < -0.3 is 14.2 Å². The van der Waals surface area contributed by atoms with Gasteiger partial charge in [0.15, 0.2) is 5.78 Å². The number of nitrogens with zero attached hydrogens (tertiary/aromatic N) is 1. The van der Waals surface area contributed by atoms with E-state index in [1.54, 1.807) is 42.5 Å². The molecule has 1 fully saturated rings. The van der Waals surface area contributed by atoms with Crippen LogP contribution in [0.2, 0.25) is 0 Å². The van der Waals surface area contributed by atoms with Gasteiger partial charge in [0.25, 0.3) is 0 Å². The van der Waals surface area contributed by atoms with Gasteiger partial charge >= 0.3 is 5.97 Å². The molecule has 3 rings (SSSR count). The van der Waals surface area contributed by atoms with Gasteiger partial charge in [0.2, 0.25) is 0 Å². The van der Waals surface area contributed by atoms with Crippen LogP contribution in [0.15, 0.2) is 48.5 Å². The zero-order chi connectivity index (χ0) is 19.1. The van der Waals surface area contributed by atoms with Crippen molar-refractivity contribution in [2.75, 3.05) is 46.6 Å². The smallest absolute Gasteiger partial charge is 0.337 e. The Balaban J connectivity index is 1.60. The zero-order valence-electron chi connectivity index (χ0n) is 15.3. The highest BCUT2D eigenvalue weighted by molar-refractivity contribution is 6.09. The van der Waals surface area contributed by atoms with Crippen LogP contribution in [0, 0.1) is 0 Å². The third kappa shape index (κ3) is 5.15. The fourth-order valence-electron chi connectivity index (χ4n) is 2.89. The van der Waals surface area contributed by atoms with E-state index in [1.807, 2.05) is 6.07 Å². The number of hydrogen-bond donors (Lipinski definition) is 0. The molecule has 0 bridgehead atoms. The second-order valence-electron chi connectivity index (χ2n) is 6.23. The molecule has 0 radical (unpaired) electrons. The van der Waals surface area contributed by atoms with E-state index in [2.05, 4.69) is 9.64 Å². The number of esters is 1. The average Bonchev–Trinajstić information content (AvgIpc) is 2.74. The number of methoxy groups -OCH3 is 1. The molecule has 2 aromatic rings. The van der Waals surface area contributed by atoms with E-state index in [1.165, 1.54) is 7.11 Å². The normalized spacial score (nSPS) is 14.6. The van der Waals surface area contributed by atoms with Crippen LogP contribution in [-0.4, -0.2) is 63.2 Å². The quantitative estimate of drug-likeness (QED) is 0.552. The molecule has 6 heteroatoms. The van der Waals surface area contributed by atoms with Crippen molar-refractivity contribution < 1.29 is 23.8 Å². The number of carbonyl (C=O) groups excluding carboxylic acids is 2. The topological polar surface area (TPSA) is 65.1 Å². The summed E-state index contributed by atoms with van der Waals surface area (Å²) in [6.07, 6.45) is 0. The molecule has 0 unspecified atom stereocenters. The third-order valence-corrected chi connectivity index (χ3v) is 4.44. The number of morpholine rings is 1. The molecular formula is C21H23NO5. The fraction of sp³-hybridized carbons (Fsp3) is 0.333. The van der Waals surface area contributed by atoms with Crippen molar-refractivity contribution >= 4 is 11.8 Å². The van der Waals surface area contributed by atoms with E-state index < -0.39 is 5.97 Å². The van der Waals surface area contributed by atoms with Crippen molar-refractivity contribution in [3.63, 3.8) is 0 Å². The summed E-state index contributed by atoms with van der Waals surface area (Å²) in [7, 11) is 1.33. The zero-order valence-corrected chi connectivity index (χ0v) is 15.3. The summed E-state index contributed by atoms with van der Waals surface area (Å²) in [6, 6.07) is 13.6. The van der Waals surface area contributed by atoms with Crippen molar-refractivity contribution in [2.45, 2.75) is 0 Å². The first-order chi connectivity index (χ1) is 13.2. The van der Waals surface area contributed by atoms with Crippen LogP contribution in [0.3, 0.4) is 0 Å². The van der Waals surface area contributed by atoms with Crippen molar-refractivity contribution in [3.05, 3.63) is 65.2 Å². The van der Waals surface area contributed by atoms with Crippen LogP contribution in [0.5, 0.6) is 5.75 Å². The first kappa shape index (κ1) is 19.1. The standard InChI is InChI=1S/C21H23NO5/c1-25-21(24)17-7-5-16(6-8-17)20(23)18-3-2-4-19(15-18)27-14-11-22-9-12-26-13-10-22/h2-8,15H,9-14H2,1H3. The molecule has 0 aromatic heterocycles. The minimum atomic E-state index is -0.426. The summed E-state index contributed by atoms with van der Waals surface area (Å²) in [5, 5.41) is 0. The van der Waals surface area contributed by atoms with Crippen LogP contribution >= 0.6 is 0 Å². The van der Waals surface area contributed by atoms with Gasteiger partial charge in [-0.1, -0.05) is 24.3 Å². The first-order valence-electron chi connectivity index (χ1n) is 8.93. The van der Waals surface area contributed by atoms with Crippen molar-refractivity contribution in [3.8, 4) is 5.75 Å². The molecule has 0 spiro atoms.